The van der Waals surface area contributed by atoms with Gasteiger partial charge in [0.1, 0.15) is 29.2 Å². The monoisotopic (exact) mass is 533 g/mol. The molecule has 3 aromatic rings. The van der Waals surface area contributed by atoms with E-state index >= 15 is 8.78 Å². The van der Waals surface area contributed by atoms with E-state index in [1.54, 1.807) is 19.1 Å². The molecule has 3 atom stereocenters. The van der Waals surface area contributed by atoms with E-state index in [-0.39, 0.29) is 28.6 Å². The zero-order valence-corrected chi connectivity index (χ0v) is 20.5. The van der Waals surface area contributed by atoms with Crippen LogP contribution in [-0.4, -0.2) is 49.7 Å². The van der Waals surface area contributed by atoms with Gasteiger partial charge in [-0.1, -0.05) is 0 Å². The first kappa shape index (κ1) is 26.7. The standard InChI is InChI=1S/C26H23F4N3O5/c1-13-20(21-17(27)11-16(36-2)12-18(21)28)22(25(35)33(13)23-19(37-3)5-4-10-31-23)32-24(34)14-6-8-15(9-7-14)38-26(29)30/h4-13,20,22,26H,1-3H3,(H,32,34)/t13-,20-,22-/m0/s1. The molecule has 38 heavy (non-hydrogen) atoms. The van der Waals surface area contributed by atoms with E-state index < -0.39 is 53.6 Å². The molecule has 2 amide bonds. The minimum atomic E-state index is -3.04. The van der Waals surface area contributed by atoms with Crippen molar-refractivity contribution in [3.63, 3.8) is 0 Å². The molecule has 1 saturated heterocycles. The van der Waals surface area contributed by atoms with Gasteiger partial charge in [0.25, 0.3) is 11.8 Å². The highest BCUT2D eigenvalue weighted by Crippen LogP contribution is 2.42. The van der Waals surface area contributed by atoms with Crippen LogP contribution in [0.2, 0.25) is 0 Å². The van der Waals surface area contributed by atoms with Gasteiger partial charge in [-0.3, -0.25) is 14.5 Å². The number of alkyl halides is 2. The number of ether oxygens (including phenoxy) is 3. The molecule has 0 bridgehead atoms. The van der Waals surface area contributed by atoms with Gasteiger partial charge in [-0.2, -0.15) is 8.78 Å². The molecule has 0 saturated carbocycles. The first-order valence-electron chi connectivity index (χ1n) is 11.4. The molecule has 4 rings (SSSR count). The molecule has 1 aliphatic rings. The summed E-state index contributed by atoms with van der Waals surface area (Å²) in [6.45, 7) is -1.47. The topological polar surface area (TPSA) is 90.0 Å². The fraction of sp³-hybridized carbons (Fsp3) is 0.269. The van der Waals surface area contributed by atoms with E-state index in [9.17, 15) is 18.4 Å². The summed E-state index contributed by atoms with van der Waals surface area (Å²) in [4.78, 5) is 32.2. The number of amides is 2. The summed E-state index contributed by atoms with van der Waals surface area (Å²) >= 11 is 0. The summed E-state index contributed by atoms with van der Waals surface area (Å²) in [5.41, 5.74) is -0.412. The quantitative estimate of drug-likeness (QED) is 0.435. The lowest BCUT2D eigenvalue weighted by Gasteiger charge is -2.26. The van der Waals surface area contributed by atoms with Crippen LogP contribution in [0.3, 0.4) is 0 Å². The van der Waals surface area contributed by atoms with Crippen LogP contribution in [0.25, 0.3) is 0 Å². The number of nitrogens with one attached hydrogen (secondary N) is 1. The largest absolute Gasteiger partial charge is 0.497 e. The summed E-state index contributed by atoms with van der Waals surface area (Å²) in [6, 6.07) is 7.60. The Morgan fingerprint density at radius 2 is 1.68 bits per heavy atom. The van der Waals surface area contributed by atoms with Gasteiger partial charge in [-0.25, -0.2) is 13.8 Å². The minimum absolute atomic E-state index is 0.00959. The molecule has 2 heterocycles. The van der Waals surface area contributed by atoms with Gasteiger partial charge in [0, 0.05) is 41.4 Å². The van der Waals surface area contributed by atoms with Gasteiger partial charge in [0.05, 0.1) is 14.2 Å². The third-order valence-electron chi connectivity index (χ3n) is 6.24. The third-order valence-corrected chi connectivity index (χ3v) is 6.24. The van der Waals surface area contributed by atoms with Crippen molar-refractivity contribution in [3.05, 3.63) is 77.5 Å². The highest BCUT2D eigenvalue weighted by molar-refractivity contribution is 6.05. The Labute approximate surface area is 215 Å². The summed E-state index contributed by atoms with van der Waals surface area (Å²) in [5, 5.41) is 2.55. The number of carbonyl (C=O) groups excluding carboxylic acids is 2. The van der Waals surface area contributed by atoms with Crippen molar-refractivity contribution in [2.75, 3.05) is 19.1 Å². The van der Waals surface area contributed by atoms with Crippen LogP contribution in [0.4, 0.5) is 23.4 Å². The van der Waals surface area contributed by atoms with E-state index in [4.69, 9.17) is 9.47 Å². The Balaban J connectivity index is 1.75. The molecule has 1 aliphatic heterocycles. The van der Waals surface area contributed by atoms with Crippen molar-refractivity contribution >= 4 is 17.6 Å². The Hall–Kier alpha value is -4.35. The highest BCUT2D eigenvalue weighted by Gasteiger charge is 2.51. The average Bonchev–Trinajstić information content (AvgIpc) is 3.12. The van der Waals surface area contributed by atoms with Crippen molar-refractivity contribution in [1.82, 2.24) is 10.3 Å². The lowest BCUT2D eigenvalue weighted by Crippen LogP contribution is -2.44. The summed E-state index contributed by atoms with van der Waals surface area (Å²) < 4.78 is 69.9. The van der Waals surface area contributed by atoms with Crippen LogP contribution in [0.15, 0.2) is 54.7 Å². The molecule has 8 nitrogen and oxygen atoms in total. The molecule has 1 fully saturated rings. The average molecular weight is 533 g/mol. The third kappa shape index (κ3) is 5.06. The second-order valence-electron chi connectivity index (χ2n) is 8.36. The van der Waals surface area contributed by atoms with Gasteiger partial charge < -0.3 is 19.5 Å². The van der Waals surface area contributed by atoms with E-state index in [2.05, 4.69) is 15.0 Å². The lowest BCUT2D eigenvalue weighted by atomic mass is 9.87. The van der Waals surface area contributed by atoms with Crippen molar-refractivity contribution in [2.45, 2.75) is 31.5 Å². The predicted octanol–water partition coefficient (Wildman–Crippen LogP) is 4.30. The first-order valence-corrected chi connectivity index (χ1v) is 11.4. The zero-order valence-electron chi connectivity index (χ0n) is 20.5. The Morgan fingerprint density at radius 1 is 1.03 bits per heavy atom. The molecular weight excluding hydrogens is 510 g/mol. The molecule has 1 aromatic heterocycles. The molecule has 200 valence electrons. The van der Waals surface area contributed by atoms with Crippen LogP contribution in [0, 0.1) is 11.6 Å². The maximum Gasteiger partial charge on any atom is 0.387 e. The molecular formula is C26H23F4N3O5. The second kappa shape index (κ2) is 11.0. The molecule has 12 heteroatoms. The number of hydrogen-bond acceptors (Lipinski definition) is 6. The van der Waals surface area contributed by atoms with Gasteiger partial charge in [-0.15, -0.1) is 0 Å². The van der Waals surface area contributed by atoms with E-state index in [1.165, 1.54) is 37.4 Å². The fourth-order valence-electron chi connectivity index (χ4n) is 4.53. The predicted molar refractivity (Wildman–Crippen MR) is 128 cm³/mol. The molecule has 1 N–H and O–H groups in total. The van der Waals surface area contributed by atoms with E-state index in [0.717, 1.165) is 24.3 Å². The number of pyridine rings is 1. The summed E-state index contributed by atoms with van der Waals surface area (Å²) in [5.74, 6) is -4.45. The number of benzene rings is 2. The molecule has 2 aromatic carbocycles. The second-order valence-corrected chi connectivity index (χ2v) is 8.36. The number of anilines is 1. The van der Waals surface area contributed by atoms with Crippen molar-refractivity contribution in [1.29, 1.82) is 0 Å². The number of methoxy groups -OCH3 is 2. The summed E-state index contributed by atoms with van der Waals surface area (Å²) in [6.07, 6.45) is 1.43. The molecule has 0 unspecified atom stereocenters. The Kier molecular flexibility index (Phi) is 7.70. The smallest absolute Gasteiger partial charge is 0.387 e. The van der Waals surface area contributed by atoms with Crippen LogP contribution < -0.4 is 24.4 Å². The van der Waals surface area contributed by atoms with Crippen LogP contribution >= 0.6 is 0 Å². The number of rotatable bonds is 8. The number of nitrogens with zero attached hydrogens (tertiary/aromatic N) is 2. The van der Waals surface area contributed by atoms with Crippen LogP contribution in [0.5, 0.6) is 17.2 Å². The lowest BCUT2D eigenvalue weighted by molar-refractivity contribution is -0.118. The SMILES string of the molecule is COc1cc(F)c([C@H]2[C@H](NC(=O)c3ccc(OC(F)F)cc3)C(=O)N(c3ncccc3OC)[C@H]2C)c(F)c1. The van der Waals surface area contributed by atoms with Crippen molar-refractivity contribution in [2.24, 2.45) is 0 Å². The highest BCUT2D eigenvalue weighted by atomic mass is 19.3. The van der Waals surface area contributed by atoms with Crippen LogP contribution in [0.1, 0.15) is 28.8 Å². The van der Waals surface area contributed by atoms with Crippen molar-refractivity contribution < 1.29 is 41.4 Å². The normalized spacial score (nSPS) is 19.0. The van der Waals surface area contributed by atoms with Gasteiger partial charge >= 0.3 is 6.61 Å². The number of hydrogen-bond donors (Lipinski definition) is 1. The maximum absolute atomic E-state index is 15.2. The first-order chi connectivity index (χ1) is 18.2. The zero-order chi connectivity index (χ0) is 27.6. The van der Waals surface area contributed by atoms with Crippen molar-refractivity contribution in [3.8, 4) is 17.2 Å². The maximum atomic E-state index is 15.2. The van der Waals surface area contributed by atoms with Crippen LogP contribution in [-0.2, 0) is 4.79 Å². The summed E-state index contributed by atoms with van der Waals surface area (Å²) in [7, 11) is 2.64. The van der Waals surface area contributed by atoms with Gasteiger partial charge in [0.15, 0.2) is 11.6 Å². The van der Waals surface area contributed by atoms with Gasteiger partial charge in [-0.05, 0) is 43.3 Å². The Bertz CT molecular complexity index is 1320. The minimum Gasteiger partial charge on any atom is -0.497 e. The number of aromatic nitrogens is 1. The molecule has 0 spiro atoms. The van der Waals surface area contributed by atoms with Gasteiger partial charge in [0.2, 0.25) is 0 Å². The number of carbonyl (C=O) groups is 2. The van der Waals surface area contributed by atoms with E-state index in [0.29, 0.717) is 0 Å². The molecule has 0 aliphatic carbocycles. The van der Waals surface area contributed by atoms with E-state index in [1.807, 2.05) is 0 Å². The Morgan fingerprint density at radius 3 is 2.26 bits per heavy atom. The fourth-order valence-corrected chi connectivity index (χ4v) is 4.53. The number of halogens is 4. The molecule has 0 radical (unpaired) electrons.